The number of benzene rings is 6. The van der Waals surface area contributed by atoms with Gasteiger partial charge in [0.2, 0.25) is 0 Å². The molecule has 2 nitrogen and oxygen atoms in total. The third kappa shape index (κ3) is 3.74. The number of hydrogen-bond acceptors (Lipinski definition) is 0. The highest BCUT2D eigenvalue weighted by molar-refractivity contribution is 6.29. The lowest BCUT2D eigenvalue weighted by Gasteiger charge is -2.15. The van der Waals surface area contributed by atoms with Crippen LogP contribution in [0.2, 0.25) is 0 Å². The Labute approximate surface area is 256 Å². The predicted molar refractivity (Wildman–Crippen MR) is 186 cm³/mol. The second kappa shape index (κ2) is 10.00. The molecule has 0 radical (unpaired) electrons. The first-order valence-corrected chi connectivity index (χ1v) is 15.4. The maximum Gasteiger partial charge on any atom is 0.0549 e. The van der Waals surface area contributed by atoms with Crippen molar-refractivity contribution in [3.05, 3.63) is 169 Å². The maximum absolute atomic E-state index is 2.46. The summed E-state index contributed by atoms with van der Waals surface area (Å²) in [4.78, 5) is 0. The van der Waals surface area contributed by atoms with E-state index in [9.17, 15) is 0 Å². The first-order chi connectivity index (χ1) is 21.9. The predicted octanol–water partition coefficient (Wildman–Crippen LogP) is 11.1. The van der Waals surface area contributed by atoms with Crippen molar-refractivity contribution in [2.45, 2.75) is 12.3 Å². The van der Waals surface area contributed by atoms with Crippen molar-refractivity contribution >= 4 is 43.6 Å². The Morgan fingerprint density at radius 2 is 1.09 bits per heavy atom. The number of fused-ring (bicyclic) bond motifs is 7. The van der Waals surface area contributed by atoms with Crippen LogP contribution in [-0.2, 0) is 0 Å². The molecule has 0 saturated heterocycles. The number of nitrogens with zero attached hydrogens (tertiary/aromatic N) is 2. The van der Waals surface area contributed by atoms with Crippen molar-refractivity contribution in [1.29, 1.82) is 0 Å². The Hall–Kier alpha value is -5.60. The van der Waals surface area contributed by atoms with Gasteiger partial charge in [0.25, 0.3) is 0 Å². The molecule has 2 aromatic heterocycles. The number of aromatic nitrogens is 2. The van der Waals surface area contributed by atoms with E-state index in [1.807, 2.05) is 0 Å². The molecule has 1 aliphatic carbocycles. The van der Waals surface area contributed by atoms with Crippen LogP contribution in [0.25, 0.3) is 66.1 Å². The fourth-order valence-electron chi connectivity index (χ4n) is 7.28. The van der Waals surface area contributed by atoms with Crippen molar-refractivity contribution in [1.82, 2.24) is 9.13 Å². The third-order valence-electron chi connectivity index (χ3n) is 9.26. The molecule has 0 saturated carbocycles. The smallest absolute Gasteiger partial charge is 0.0549 e. The molecule has 1 atom stereocenters. The van der Waals surface area contributed by atoms with Crippen molar-refractivity contribution in [3.8, 4) is 22.5 Å². The molecule has 208 valence electrons. The van der Waals surface area contributed by atoms with E-state index >= 15 is 0 Å². The number of rotatable bonds is 4. The minimum absolute atomic E-state index is 0.441. The molecule has 2 heteroatoms. The van der Waals surface area contributed by atoms with Crippen LogP contribution in [0, 0.1) is 0 Å². The van der Waals surface area contributed by atoms with Gasteiger partial charge >= 0.3 is 0 Å². The van der Waals surface area contributed by atoms with E-state index in [4.69, 9.17) is 0 Å². The fourth-order valence-corrected chi connectivity index (χ4v) is 7.28. The van der Waals surface area contributed by atoms with Gasteiger partial charge in [-0.15, -0.1) is 0 Å². The molecule has 0 N–H and O–H groups in total. The molecule has 0 spiro atoms. The molecule has 0 aliphatic heterocycles. The number of allylic oxidation sites excluding steroid dienone is 4. The van der Waals surface area contributed by atoms with Gasteiger partial charge in [-0.1, -0.05) is 121 Å². The Balaban J connectivity index is 1.33. The molecule has 2 heterocycles. The standard InChI is InChI=1S/C42H30N2/c1-3-13-29(14-4-1)30-23-25-32(26-24-30)43-37-21-11-8-18-34(37)41-39(43)27-28-40-42(41)35-19-9-12-22-38(35)44(40)36-20-10-7-17-33(36)31-15-5-2-6-16-31/h1-13,15-29H,14H2. The summed E-state index contributed by atoms with van der Waals surface area (Å²) in [6, 6.07) is 51.0. The van der Waals surface area contributed by atoms with E-state index < -0.39 is 0 Å². The van der Waals surface area contributed by atoms with E-state index in [1.54, 1.807) is 0 Å². The summed E-state index contributed by atoms with van der Waals surface area (Å²) in [7, 11) is 0. The molecule has 6 aromatic carbocycles. The van der Waals surface area contributed by atoms with Crippen LogP contribution >= 0.6 is 0 Å². The molecule has 9 rings (SSSR count). The van der Waals surface area contributed by atoms with Gasteiger partial charge in [-0.2, -0.15) is 0 Å². The highest BCUT2D eigenvalue weighted by atomic mass is 15.0. The summed E-state index contributed by atoms with van der Waals surface area (Å²) < 4.78 is 4.90. The lowest BCUT2D eigenvalue weighted by atomic mass is 9.92. The summed E-state index contributed by atoms with van der Waals surface area (Å²) in [5.74, 6) is 0.441. The van der Waals surface area contributed by atoms with Gasteiger partial charge in [0.05, 0.1) is 27.8 Å². The molecule has 8 aromatic rings. The zero-order chi connectivity index (χ0) is 29.0. The lowest BCUT2D eigenvalue weighted by Crippen LogP contribution is -1.98. The van der Waals surface area contributed by atoms with Crippen LogP contribution < -0.4 is 0 Å². The molecule has 1 aliphatic rings. The van der Waals surface area contributed by atoms with Gasteiger partial charge in [-0.3, -0.25) is 0 Å². The summed E-state index contributed by atoms with van der Waals surface area (Å²) in [6.07, 6.45) is 9.92. The third-order valence-corrected chi connectivity index (χ3v) is 9.26. The monoisotopic (exact) mass is 562 g/mol. The molecular weight excluding hydrogens is 532 g/mol. The highest BCUT2D eigenvalue weighted by Gasteiger charge is 2.21. The highest BCUT2D eigenvalue weighted by Crippen LogP contribution is 2.43. The van der Waals surface area contributed by atoms with Crippen LogP contribution in [0.3, 0.4) is 0 Å². The Bertz CT molecular complexity index is 2400. The zero-order valence-corrected chi connectivity index (χ0v) is 24.3. The topological polar surface area (TPSA) is 9.86 Å². The number of para-hydroxylation sites is 3. The van der Waals surface area contributed by atoms with Crippen molar-refractivity contribution in [3.63, 3.8) is 0 Å². The van der Waals surface area contributed by atoms with E-state index in [0.29, 0.717) is 5.92 Å². The van der Waals surface area contributed by atoms with Crippen molar-refractivity contribution in [2.75, 3.05) is 0 Å². The molecule has 44 heavy (non-hydrogen) atoms. The quantitative estimate of drug-likeness (QED) is 0.202. The van der Waals surface area contributed by atoms with Gasteiger partial charge in [-0.25, -0.2) is 0 Å². The first kappa shape index (κ1) is 24.9. The van der Waals surface area contributed by atoms with E-state index in [1.165, 1.54) is 71.7 Å². The van der Waals surface area contributed by atoms with Gasteiger partial charge in [0.1, 0.15) is 0 Å². The Morgan fingerprint density at radius 1 is 0.477 bits per heavy atom. The maximum atomic E-state index is 2.46. The van der Waals surface area contributed by atoms with Crippen LogP contribution in [0.4, 0.5) is 0 Å². The minimum Gasteiger partial charge on any atom is -0.309 e. The van der Waals surface area contributed by atoms with Crippen molar-refractivity contribution < 1.29 is 0 Å². The lowest BCUT2D eigenvalue weighted by molar-refractivity contribution is 0.853. The van der Waals surface area contributed by atoms with E-state index in [0.717, 1.165) is 6.42 Å². The minimum atomic E-state index is 0.441. The average Bonchev–Trinajstić information content (AvgIpc) is 3.62. The molecule has 0 bridgehead atoms. The second-order valence-corrected chi connectivity index (χ2v) is 11.7. The zero-order valence-electron chi connectivity index (χ0n) is 24.3. The van der Waals surface area contributed by atoms with Crippen LogP contribution in [-0.4, -0.2) is 9.13 Å². The Morgan fingerprint density at radius 3 is 1.80 bits per heavy atom. The molecular formula is C42H30N2. The van der Waals surface area contributed by atoms with Gasteiger partial charge in [-0.05, 0) is 60.0 Å². The largest absolute Gasteiger partial charge is 0.309 e. The van der Waals surface area contributed by atoms with Crippen molar-refractivity contribution in [2.24, 2.45) is 0 Å². The summed E-state index contributed by atoms with van der Waals surface area (Å²) in [6.45, 7) is 0. The normalized spacial score (nSPS) is 14.8. The molecule has 0 fully saturated rings. The van der Waals surface area contributed by atoms with E-state index in [2.05, 4.69) is 173 Å². The number of hydrogen-bond donors (Lipinski definition) is 0. The summed E-state index contributed by atoms with van der Waals surface area (Å²) in [5.41, 5.74) is 11.1. The van der Waals surface area contributed by atoms with Crippen LogP contribution in [0.5, 0.6) is 0 Å². The fraction of sp³-hybridized carbons (Fsp3) is 0.0476. The summed E-state index contributed by atoms with van der Waals surface area (Å²) in [5, 5.41) is 5.14. The van der Waals surface area contributed by atoms with E-state index in [-0.39, 0.29) is 0 Å². The SMILES string of the molecule is C1=CCC(c2ccc(-n3c4ccccc4c4c5c6ccccc6n(-c6ccccc6-c6ccccc6)c5ccc43)cc2)C=C1. The van der Waals surface area contributed by atoms with Crippen LogP contribution in [0.15, 0.2) is 164 Å². The van der Waals surface area contributed by atoms with Gasteiger partial charge < -0.3 is 9.13 Å². The second-order valence-electron chi connectivity index (χ2n) is 11.7. The molecule has 0 amide bonds. The first-order valence-electron chi connectivity index (χ1n) is 15.4. The van der Waals surface area contributed by atoms with Gasteiger partial charge in [0.15, 0.2) is 0 Å². The molecule has 1 unspecified atom stereocenters. The Kier molecular flexibility index (Phi) is 5.67. The average molecular weight is 563 g/mol. The van der Waals surface area contributed by atoms with Crippen LogP contribution in [0.1, 0.15) is 17.9 Å². The van der Waals surface area contributed by atoms with Gasteiger partial charge in [0, 0.05) is 38.7 Å². The summed E-state index contributed by atoms with van der Waals surface area (Å²) >= 11 is 0.